The van der Waals surface area contributed by atoms with Gasteiger partial charge in [-0.15, -0.1) is 5.10 Å². The molecular formula is C12H12ClFN4O2. The molecule has 1 atom stereocenters. The van der Waals surface area contributed by atoms with E-state index in [0.29, 0.717) is 5.56 Å². The number of aromatic nitrogens is 4. The summed E-state index contributed by atoms with van der Waals surface area (Å²) in [6.07, 6.45) is 0.274. The molecule has 106 valence electrons. The first-order valence-corrected chi connectivity index (χ1v) is 6.25. The first-order chi connectivity index (χ1) is 9.40. The number of carboxylic acid groups (broad SMARTS) is 1. The third-order valence-electron chi connectivity index (χ3n) is 3.26. The van der Waals surface area contributed by atoms with Crippen LogP contribution in [0.1, 0.15) is 20.3 Å². The van der Waals surface area contributed by atoms with Crippen LogP contribution in [-0.2, 0) is 10.3 Å². The van der Waals surface area contributed by atoms with E-state index in [1.807, 2.05) is 0 Å². The van der Waals surface area contributed by atoms with Crippen molar-refractivity contribution in [2.45, 2.75) is 25.8 Å². The number of carbonyl (C=O) groups is 1. The van der Waals surface area contributed by atoms with E-state index in [2.05, 4.69) is 15.5 Å². The summed E-state index contributed by atoms with van der Waals surface area (Å²) in [7, 11) is 0. The smallest absolute Gasteiger partial charge is 0.331 e. The largest absolute Gasteiger partial charge is 0.479 e. The number of hydrogen-bond acceptors (Lipinski definition) is 4. The van der Waals surface area contributed by atoms with E-state index in [0.717, 1.165) is 0 Å². The van der Waals surface area contributed by atoms with Crippen LogP contribution in [0.2, 0.25) is 5.02 Å². The van der Waals surface area contributed by atoms with Gasteiger partial charge in [-0.05, 0) is 42.0 Å². The lowest BCUT2D eigenvalue weighted by Crippen LogP contribution is -2.39. The SMILES string of the molecule is CCC(C)(C(=O)O)n1nnnc1-c1ccc(Cl)c(F)c1. The highest BCUT2D eigenvalue weighted by molar-refractivity contribution is 6.30. The minimum Gasteiger partial charge on any atom is -0.479 e. The normalized spacial score (nSPS) is 14.0. The van der Waals surface area contributed by atoms with Crippen molar-refractivity contribution in [3.63, 3.8) is 0 Å². The van der Waals surface area contributed by atoms with Gasteiger partial charge in [0.15, 0.2) is 11.4 Å². The van der Waals surface area contributed by atoms with Gasteiger partial charge in [-0.1, -0.05) is 18.5 Å². The molecule has 1 heterocycles. The minimum atomic E-state index is -1.31. The summed E-state index contributed by atoms with van der Waals surface area (Å²) in [5.74, 6) is -1.51. The van der Waals surface area contributed by atoms with Gasteiger partial charge in [0.1, 0.15) is 5.82 Å². The molecule has 1 unspecified atom stereocenters. The van der Waals surface area contributed by atoms with E-state index in [9.17, 15) is 14.3 Å². The Balaban J connectivity index is 2.58. The Hall–Kier alpha value is -2.02. The molecule has 1 N–H and O–H groups in total. The van der Waals surface area contributed by atoms with Crippen molar-refractivity contribution in [1.82, 2.24) is 20.2 Å². The fourth-order valence-corrected chi connectivity index (χ4v) is 1.84. The summed E-state index contributed by atoms with van der Waals surface area (Å²) in [5, 5.41) is 20.3. The second-order valence-corrected chi connectivity index (χ2v) is 4.88. The maximum absolute atomic E-state index is 13.5. The van der Waals surface area contributed by atoms with Crippen LogP contribution < -0.4 is 0 Å². The van der Waals surface area contributed by atoms with Crippen LogP contribution >= 0.6 is 11.6 Å². The van der Waals surface area contributed by atoms with Gasteiger partial charge >= 0.3 is 5.97 Å². The number of hydrogen-bond donors (Lipinski definition) is 1. The lowest BCUT2D eigenvalue weighted by atomic mass is 9.99. The van der Waals surface area contributed by atoms with Gasteiger partial charge in [0, 0.05) is 5.56 Å². The summed E-state index contributed by atoms with van der Waals surface area (Å²) < 4.78 is 14.7. The molecule has 0 radical (unpaired) electrons. The van der Waals surface area contributed by atoms with E-state index < -0.39 is 17.3 Å². The Bertz CT molecular complexity index is 661. The molecule has 0 aliphatic heterocycles. The van der Waals surface area contributed by atoms with Crippen LogP contribution in [0.5, 0.6) is 0 Å². The third-order valence-corrected chi connectivity index (χ3v) is 3.57. The van der Waals surface area contributed by atoms with Gasteiger partial charge in [-0.2, -0.15) is 0 Å². The number of aliphatic carboxylic acids is 1. The Morgan fingerprint density at radius 3 is 2.80 bits per heavy atom. The fraction of sp³-hybridized carbons (Fsp3) is 0.333. The number of halogens is 2. The van der Waals surface area contributed by atoms with Crippen LogP contribution in [0.3, 0.4) is 0 Å². The summed E-state index contributed by atoms with van der Waals surface area (Å²) >= 11 is 5.62. The summed E-state index contributed by atoms with van der Waals surface area (Å²) in [4.78, 5) is 11.4. The summed E-state index contributed by atoms with van der Waals surface area (Å²) in [6.45, 7) is 3.21. The first kappa shape index (κ1) is 14.4. The maximum Gasteiger partial charge on any atom is 0.331 e. The van der Waals surface area contributed by atoms with Crippen LogP contribution in [0.4, 0.5) is 4.39 Å². The highest BCUT2D eigenvalue weighted by Crippen LogP contribution is 2.28. The van der Waals surface area contributed by atoms with Crippen LogP contribution in [0.15, 0.2) is 18.2 Å². The van der Waals surface area contributed by atoms with Crippen LogP contribution in [-0.4, -0.2) is 31.3 Å². The zero-order chi connectivity index (χ0) is 14.9. The summed E-state index contributed by atoms with van der Waals surface area (Å²) in [5.41, 5.74) is -0.951. The molecule has 0 fully saturated rings. The van der Waals surface area contributed by atoms with E-state index in [-0.39, 0.29) is 17.3 Å². The average Bonchev–Trinajstić information content (AvgIpc) is 2.90. The van der Waals surface area contributed by atoms with Crippen molar-refractivity contribution in [2.75, 3.05) is 0 Å². The molecule has 2 rings (SSSR count). The molecule has 0 saturated carbocycles. The molecule has 0 aliphatic rings. The fourth-order valence-electron chi connectivity index (χ4n) is 1.73. The quantitative estimate of drug-likeness (QED) is 0.937. The predicted octanol–water partition coefficient (Wildman–Crippen LogP) is 2.34. The van der Waals surface area contributed by atoms with Gasteiger partial charge in [0.25, 0.3) is 0 Å². The molecule has 0 aliphatic carbocycles. The van der Waals surface area contributed by atoms with Crippen molar-refractivity contribution in [2.24, 2.45) is 0 Å². The Labute approximate surface area is 119 Å². The average molecular weight is 299 g/mol. The minimum absolute atomic E-state index is 0.0238. The highest BCUT2D eigenvalue weighted by atomic mass is 35.5. The molecule has 0 spiro atoms. The van der Waals surface area contributed by atoms with Crippen molar-refractivity contribution < 1.29 is 14.3 Å². The molecule has 0 amide bonds. The lowest BCUT2D eigenvalue weighted by Gasteiger charge is -2.23. The van der Waals surface area contributed by atoms with E-state index in [1.54, 1.807) is 6.92 Å². The van der Waals surface area contributed by atoms with Crippen LogP contribution in [0, 0.1) is 5.82 Å². The first-order valence-electron chi connectivity index (χ1n) is 5.88. The predicted molar refractivity (Wildman–Crippen MR) is 69.8 cm³/mol. The monoisotopic (exact) mass is 298 g/mol. The molecule has 1 aromatic carbocycles. The highest BCUT2D eigenvalue weighted by Gasteiger charge is 2.37. The standard InChI is InChI=1S/C12H12ClFN4O2/c1-3-12(2,11(19)20)18-10(15-16-17-18)7-4-5-8(13)9(14)6-7/h4-6H,3H2,1-2H3,(H,19,20). The Morgan fingerprint density at radius 1 is 1.55 bits per heavy atom. The zero-order valence-electron chi connectivity index (χ0n) is 10.8. The molecule has 2 aromatic rings. The summed E-state index contributed by atoms with van der Waals surface area (Å²) in [6, 6.07) is 4.07. The molecule has 1 aromatic heterocycles. The third kappa shape index (κ3) is 2.24. The molecule has 6 nitrogen and oxygen atoms in total. The van der Waals surface area contributed by atoms with Crippen molar-refractivity contribution >= 4 is 17.6 Å². The van der Waals surface area contributed by atoms with Gasteiger partial charge in [0.05, 0.1) is 5.02 Å². The van der Waals surface area contributed by atoms with Gasteiger partial charge in [-0.3, -0.25) is 0 Å². The molecule has 0 saturated heterocycles. The van der Waals surface area contributed by atoms with Crippen LogP contribution in [0.25, 0.3) is 11.4 Å². The number of carboxylic acids is 1. The van der Waals surface area contributed by atoms with E-state index in [4.69, 9.17) is 11.6 Å². The topological polar surface area (TPSA) is 80.9 Å². The second-order valence-electron chi connectivity index (χ2n) is 4.48. The Kier molecular flexibility index (Phi) is 3.71. The molecule has 20 heavy (non-hydrogen) atoms. The second kappa shape index (κ2) is 5.16. The number of nitrogens with zero attached hydrogens (tertiary/aromatic N) is 4. The van der Waals surface area contributed by atoms with Crippen molar-refractivity contribution in [3.05, 3.63) is 29.0 Å². The maximum atomic E-state index is 13.5. The van der Waals surface area contributed by atoms with Gasteiger partial charge in [-0.25, -0.2) is 13.9 Å². The van der Waals surface area contributed by atoms with E-state index >= 15 is 0 Å². The number of benzene rings is 1. The van der Waals surface area contributed by atoms with Gasteiger partial charge in [0.2, 0.25) is 0 Å². The zero-order valence-corrected chi connectivity index (χ0v) is 11.6. The van der Waals surface area contributed by atoms with Gasteiger partial charge < -0.3 is 5.11 Å². The van der Waals surface area contributed by atoms with E-state index in [1.165, 1.54) is 29.8 Å². The molecular weight excluding hydrogens is 287 g/mol. The van der Waals surface area contributed by atoms with Crippen molar-refractivity contribution in [1.29, 1.82) is 0 Å². The Morgan fingerprint density at radius 2 is 2.25 bits per heavy atom. The molecule has 0 bridgehead atoms. The van der Waals surface area contributed by atoms with Crippen molar-refractivity contribution in [3.8, 4) is 11.4 Å². The molecule has 8 heteroatoms. The number of tetrazole rings is 1. The number of rotatable bonds is 4. The lowest BCUT2D eigenvalue weighted by molar-refractivity contribution is -0.147.